The average molecular weight is 373 g/mol. The quantitative estimate of drug-likeness (QED) is 0.455. The molecule has 5 rings (SSSR count). The van der Waals surface area contributed by atoms with E-state index >= 15 is 0 Å². The molecule has 2 heterocycles. The number of imidazole rings is 1. The Labute approximate surface area is 163 Å². The van der Waals surface area contributed by atoms with Gasteiger partial charge in [-0.2, -0.15) is 5.10 Å². The fourth-order valence-corrected chi connectivity index (χ4v) is 3.82. The molecule has 0 unspecified atom stereocenters. The predicted octanol–water partition coefficient (Wildman–Crippen LogP) is 4.78. The Morgan fingerprint density at radius 1 is 1.00 bits per heavy atom. The van der Waals surface area contributed by atoms with Gasteiger partial charge in [0.15, 0.2) is 0 Å². The lowest BCUT2D eigenvalue weighted by Gasteiger charge is -2.09. The molecule has 142 valence electrons. The lowest BCUT2D eigenvalue weighted by molar-refractivity contribution is 0.483. The lowest BCUT2D eigenvalue weighted by atomic mass is 10.1. The predicted molar refractivity (Wildman–Crippen MR) is 109 cm³/mol. The molecule has 6 nitrogen and oxygen atoms in total. The van der Waals surface area contributed by atoms with Crippen LogP contribution in [0.15, 0.2) is 54.7 Å². The van der Waals surface area contributed by atoms with E-state index in [1.165, 1.54) is 25.7 Å². The molecule has 1 fully saturated rings. The van der Waals surface area contributed by atoms with Crippen molar-refractivity contribution in [2.24, 2.45) is 0 Å². The highest BCUT2D eigenvalue weighted by Gasteiger charge is 2.14. The summed E-state index contributed by atoms with van der Waals surface area (Å²) in [6, 6.07) is 16.5. The highest BCUT2D eigenvalue weighted by atomic mass is 16.5. The molecule has 1 saturated carbocycles. The van der Waals surface area contributed by atoms with Crippen LogP contribution in [0, 0.1) is 0 Å². The van der Waals surface area contributed by atoms with Crippen molar-refractivity contribution in [2.45, 2.75) is 38.3 Å². The van der Waals surface area contributed by atoms with Gasteiger partial charge in [0.05, 0.1) is 23.3 Å². The molecule has 4 aromatic rings. The number of aromatic nitrogens is 4. The fraction of sp³-hybridized carbons (Fsp3) is 0.273. The topological polar surface area (TPSA) is 78.6 Å². The minimum absolute atomic E-state index is 0.636. The third-order valence-corrected chi connectivity index (χ3v) is 5.32. The van der Waals surface area contributed by atoms with Crippen molar-refractivity contribution in [3.8, 4) is 22.8 Å². The van der Waals surface area contributed by atoms with Crippen molar-refractivity contribution in [1.29, 1.82) is 0 Å². The monoisotopic (exact) mass is 373 g/mol. The Kier molecular flexibility index (Phi) is 4.54. The number of nitrogens with zero attached hydrogens (tertiary/aromatic N) is 2. The maximum Gasteiger partial charge on any atom is 0.129 e. The van der Waals surface area contributed by atoms with Crippen LogP contribution in [-0.2, 0) is 6.54 Å². The SMILES string of the molecule is c1cc(-c2ccc(Oc3ccc4nc(CNC5CCCC5)[nH]c4c3)cc2)[nH]n1. The molecule has 1 aliphatic carbocycles. The van der Waals surface area contributed by atoms with Gasteiger partial charge in [-0.05, 0) is 60.9 Å². The van der Waals surface area contributed by atoms with Crippen LogP contribution in [-0.4, -0.2) is 26.2 Å². The van der Waals surface area contributed by atoms with Crippen molar-refractivity contribution < 1.29 is 4.74 Å². The molecule has 0 radical (unpaired) electrons. The summed E-state index contributed by atoms with van der Waals surface area (Å²) >= 11 is 0. The maximum atomic E-state index is 6.02. The van der Waals surface area contributed by atoms with E-state index in [9.17, 15) is 0 Å². The molecule has 6 heteroatoms. The Balaban J connectivity index is 1.28. The minimum Gasteiger partial charge on any atom is -0.457 e. The molecule has 0 atom stereocenters. The summed E-state index contributed by atoms with van der Waals surface area (Å²) in [5, 5.41) is 10.5. The van der Waals surface area contributed by atoms with Crippen LogP contribution in [0.4, 0.5) is 0 Å². The van der Waals surface area contributed by atoms with Gasteiger partial charge in [-0.3, -0.25) is 5.10 Å². The molecule has 0 amide bonds. The van der Waals surface area contributed by atoms with E-state index in [-0.39, 0.29) is 0 Å². The number of hydrogen-bond acceptors (Lipinski definition) is 4. The lowest BCUT2D eigenvalue weighted by Crippen LogP contribution is -2.25. The van der Waals surface area contributed by atoms with Crippen LogP contribution < -0.4 is 10.1 Å². The largest absolute Gasteiger partial charge is 0.457 e. The second kappa shape index (κ2) is 7.48. The Bertz CT molecular complexity index is 1050. The zero-order valence-electron chi connectivity index (χ0n) is 15.6. The van der Waals surface area contributed by atoms with Gasteiger partial charge in [0.1, 0.15) is 17.3 Å². The summed E-state index contributed by atoms with van der Waals surface area (Å²) in [7, 11) is 0. The summed E-state index contributed by atoms with van der Waals surface area (Å²) in [6.07, 6.45) is 6.97. The number of nitrogens with one attached hydrogen (secondary N) is 3. The summed E-state index contributed by atoms with van der Waals surface area (Å²) in [4.78, 5) is 8.09. The Morgan fingerprint density at radius 2 is 1.82 bits per heavy atom. The van der Waals surface area contributed by atoms with E-state index in [1.54, 1.807) is 6.20 Å². The molecule has 2 aromatic heterocycles. The summed E-state index contributed by atoms with van der Waals surface area (Å²) < 4.78 is 6.02. The Hall–Kier alpha value is -3.12. The van der Waals surface area contributed by atoms with Crippen LogP contribution in [0.2, 0.25) is 0 Å². The first-order valence-electron chi connectivity index (χ1n) is 9.83. The summed E-state index contributed by atoms with van der Waals surface area (Å²) in [6.45, 7) is 0.782. The highest BCUT2D eigenvalue weighted by molar-refractivity contribution is 5.77. The second-order valence-electron chi connectivity index (χ2n) is 7.32. The number of ether oxygens (including phenoxy) is 1. The number of benzene rings is 2. The molecule has 1 aliphatic rings. The average Bonchev–Trinajstić information content (AvgIpc) is 3.47. The maximum absolute atomic E-state index is 6.02. The van der Waals surface area contributed by atoms with E-state index in [0.717, 1.165) is 46.2 Å². The first kappa shape index (κ1) is 17.0. The fourth-order valence-electron chi connectivity index (χ4n) is 3.82. The van der Waals surface area contributed by atoms with Gasteiger partial charge in [-0.1, -0.05) is 12.8 Å². The van der Waals surface area contributed by atoms with Gasteiger partial charge in [0.2, 0.25) is 0 Å². The van der Waals surface area contributed by atoms with Gasteiger partial charge in [-0.15, -0.1) is 0 Å². The smallest absolute Gasteiger partial charge is 0.129 e. The van der Waals surface area contributed by atoms with E-state index in [1.807, 2.05) is 48.5 Å². The number of fused-ring (bicyclic) bond motifs is 1. The molecule has 0 aliphatic heterocycles. The van der Waals surface area contributed by atoms with E-state index < -0.39 is 0 Å². The van der Waals surface area contributed by atoms with Crippen molar-refractivity contribution >= 4 is 11.0 Å². The van der Waals surface area contributed by atoms with Crippen LogP contribution in [0.25, 0.3) is 22.3 Å². The van der Waals surface area contributed by atoms with Crippen LogP contribution in [0.3, 0.4) is 0 Å². The normalized spacial score (nSPS) is 14.7. The van der Waals surface area contributed by atoms with Gasteiger partial charge in [0.25, 0.3) is 0 Å². The molecule has 0 spiro atoms. The summed E-state index contributed by atoms with van der Waals surface area (Å²) in [5.74, 6) is 2.56. The van der Waals surface area contributed by atoms with E-state index in [0.29, 0.717) is 6.04 Å². The number of rotatable bonds is 6. The van der Waals surface area contributed by atoms with Crippen molar-refractivity contribution in [1.82, 2.24) is 25.5 Å². The van der Waals surface area contributed by atoms with Crippen molar-refractivity contribution in [2.75, 3.05) is 0 Å². The molecule has 3 N–H and O–H groups in total. The molecular weight excluding hydrogens is 350 g/mol. The van der Waals surface area contributed by atoms with Gasteiger partial charge < -0.3 is 15.0 Å². The molecular formula is C22H23N5O. The van der Waals surface area contributed by atoms with Crippen molar-refractivity contribution in [3.05, 3.63) is 60.6 Å². The first-order chi connectivity index (χ1) is 13.8. The van der Waals surface area contributed by atoms with Gasteiger partial charge in [0, 0.05) is 18.3 Å². The zero-order chi connectivity index (χ0) is 18.8. The molecule has 2 aromatic carbocycles. The molecule has 0 saturated heterocycles. The number of hydrogen-bond donors (Lipinski definition) is 3. The highest BCUT2D eigenvalue weighted by Crippen LogP contribution is 2.27. The van der Waals surface area contributed by atoms with Gasteiger partial charge >= 0.3 is 0 Å². The van der Waals surface area contributed by atoms with E-state index in [4.69, 9.17) is 4.74 Å². The number of H-pyrrole nitrogens is 2. The summed E-state index contributed by atoms with van der Waals surface area (Å²) in [5.41, 5.74) is 4.03. The third-order valence-electron chi connectivity index (χ3n) is 5.32. The van der Waals surface area contributed by atoms with E-state index in [2.05, 4.69) is 25.5 Å². The minimum atomic E-state index is 0.636. The first-order valence-corrected chi connectivity index (χ1v) is 9.83. The van der Waals surface area contributed by atoms with Crippen LogP contribution in [0.5, 0.6) is 11.5 Å². The molecule has 28 heavy (non-hydrogen) atoms. The van der Waals surface area contributed by atoms with Crippen LogP contribution >= 0.6 is 0 Å². The standard InChI is InChI=1S/C22H23N5O/c1-2-4-16(3-1)23-14-22-25-20-10-9-18(13-21(20)26-22)28-17-7-5-15(6-8-17)19-11-12-24-27-19/h5-13,16,23H,1-4,14H2,(H,24,27)(H,25,26). The second-order valence-corrected chi connectivity index (χ2v) is 7.32. The van der Waals surface area contributed by atoms with Crippen LogP contribution in [0.1, 0.15) is 31.5 Å². The number of aromatic amines is 2. The third kappa shape index (κ3) is 3.64. The Morgan fingerprint density at radius 3 is 2.61 bits per heavy atom. The zero-order valence-corrected chi connectivity index (χ0v) is 15.6. The van der Waals surface area contributed by atoms with Gasteiger partial charge in [-0.25, -0.2) is 4.98 Å². The molecule has 0 bridgehead atoms. The van der Waals surface area contributed by atoms with Crippen molar-refractivity contribution in [3.63, 3.8) is 0 Å².